The Morgan fingerprint density at radius 3 is 1.80 bits per heavy atom. The van der Waals surface area contributed by atoms with Gasteiger partial charge >= 0.3 is 0 Å². The summed E-state index contributed by atoms with van der Waals surface area (Å²) in [7, 11) is 3.72. The molecule has 0 saturated heterocycles. The van der Waals surface area contributed by atoms with Crippen LogP contribution in [0.5, 0.6) is 0 Å². The fourth-order valence-corrected chi connectivity index (χ4v) is 0.971. The molecule has 0 aliphatic heterocycles. The van der Waals surface area contributed by atoms with E-state index in [9.17, 15) is 0 Å². The minimum Gasteiger partial charge on any atom is -0.412 e. The van der Waals surface area contributed by atoms with Crippen molar-refractivity contribution in [2.24, 2.45) is 0 Å². The molecule has 10 heavy (non-hydrogen) atoms. The van der Waals surface area contributed by atoms with Crippen molar-refractivity contribution >= 4 is 34.8 Å². The van der Waals surface area contributed by atoms with Crippen molar-refractivity contribution in [3.63, 3.8) is 0 Å². The predicted octanol–water partition coefficient (Wildman–Crippen LogP) is 1.13. The number of halogens is 3. The summed E-state index contributed by atoms with van der Waals surface area (Å²) in [5, 5.41) is -0.177. The molecule has 0 rings (SSSR count). The summed E-state index contributed by atoms with van der Waals surface area (Å²) in [5.74, 6) is 0.383. The molecular formula is C5H12Cl3NO. The lowest BCUT2D eigenvalue weighted by Gasteiger charge is -2.20. The van der Waals surface area contributed by atoms with Crippen LogP contribution in [-0.4, -0.2) is 41.2 Å². The van der Waals surface area contributed by atoms with Crippen LogP contribution in [0.2, 0.25) is 0 Å². The third-order valence-corrected chi connectivity index (χ3v) is 2.65. The second kappa shape index (κ2) is 6.50. The van der Waals surface area contributed by atoms with E-state index in [-0.39, 0.29) is 16.4 Å². The van der Waals surface area contributed by atoms with E-state index in [4.69, 9.17) is 34.8 Å². The molecule has 0 heterocycles. The van der Waals surface area contributed by atoms with Crippen LogP contribution in [-0.2, 0) is 0 Å². The molecular weight excluding hydrogens is 196 g/mol. The molecule has 0 aromatic carbocycles. The lowest BCUT2D eigenvalue weighted by atomic mass is 10.4. The predicted molar refractivity (Wildman–Crippen MR) is 47.3 cm³/mol. The molecule has 2 unspecified atom stereocenters. The van der Waals surface area contributed by atoms with Crippen LogP contribution in [0, 0.1) is 0 Å². The van der Waals surface area contributed by atoms with Crippen molar-refractivity contribution in [3.05, 3.63) is 0 Å². The first kappa shape index (κ1) is 13.4. The maximum atomic E-state index is 5.78. The highest BCUT2D eigenvalue weighted by Gasteiger charge is 2.16. The standard InChI is InChI=1S/C5H10Cl3N.H2O/c1-9(2)5(8)4(7)3-6;/h4-5H,3H2,1-2H3;1H2. The Balaban J connectivity index is 0. The summed E-state index contributed by atoms with van der Waals surface area (Å²) in [4.78, 5) is 1.82. The maximum Gasteiger partial charge on any atom is 0.102 e. The van der Waals surface area contributed by atoms with Gasteiger partial charge in [-0.2, -0.15) is 0 Å². The molecule has 2 atom stereocenters. The second-order valence-corrected chi connectivity index (χ2v) is 3.32. The van der Waals surface area contributed by atoms with Crippen LogP contribution in [0.4, 0.5) is 0 Å². The number of nitrogens with zero attached hydrogens (tertiary/aromatic N) is 1. The molecule has 0 aromatic rings. The fourth-order valence-electron chi connectivity index (χ4n) is 0.397. The second-order valence-electron chi connectivity index (χ2n) is 2.01. The van der Waals surface area contributed by atoms with Crippen LogP contribution in [0.25, 0.3) is 0 Å². The summed E-state index contributed by atoms with van der Waals surface area (Å²) in [6, 6.07) is 0. The summed E-state index contributed by atoms with van der Waals surface area (Å²) >= 11 is 16.9. The molecule has 5 heteroatoms. The first-order valence-electron chi connectivity index (χ1n) is 2.60. The van der Waals surface area contributed by atoms with Gasteiger partial charge in [-0.15, -0.1) is 34.8 Å². The highest BCUT2D eigenvalue weighted by molar-refractivity contribution is 6.33. The lowest BCUT2D eigenvalue weighted by molar-refractivity contribution is 0.373. The van der Waals surface area contributed by atoms with E-state index in [1.54, 1.807) is 0 Å². The zero-order valence-electron chi connectivity index (χ0n) is 5.94. The largest absolute Gasteiger partial charge is 0.412 e. The van der Waals surface area contributed by atoms with E-state index < -0.39 is 0 Å². The average Bonchev–Trinajstić information content (AvgIpc) is 1.84. The Labute approximate surface area is 76.3 Å². The minimum absolute atomic E-state index is 0. The third-order valence-electron chi connectivity index (χ3n) is 0.939. The molecule has 0 fully saturated rings. The van der Waals surface area contributed by atoms with Gasteiger partial charge in [-0.1, -0.05) is 0 Å². The van der Waals surface area contributed by atoms with Gasteiger partial charge in [-0.05, 0) is 14.1 Å². The van der Waals surface area contributed by atoms with Crippen molar-refractivity contribution in [2.75, 3.05) is 20.0 Å². The van der Waals surface area contributed by atoms with Crippen molar-refractivity contribution in [1.29, 1.82) is 0 Å². The van der Waals surface area contributed by atoms with Gasteiger partial charge < -0.3 is 5.48 Å². The summed E-state index contributed by atoms with van der Waals surface area (Å²) < 4.78 is 0. The molecule has 2 N–H and O–H groups in total. The van der Waals surface area contributed by atoms with E-state index in [1.165, 1.54) is 0 Å². The van der Waals surface area contributed by atoms with Crippen LogP contribution < -0.4 is 0 Å². The zero-order valence-corrected chi connectivity index (χ0v) is 8.21. The zero-order chi connectivity index (χ0) is 7.44. The smallest absolute Gasteiger partial charge is 0.102 e. The molecule has 0 amide bonds. The SMILES string of the molecule is CN(C)C(Cl)C(Cl)CCl.O. The maximum absolute atomic E-state index is 5.78. The van der Waals surface area contributed by atoms with E-state index in [2.05, 4.69) is 0 Å². The van der Waals surface area contributed by atoms with Gasteiger partial charge in [-0.25, -0.2) is 0 Å². The van der Waals surface area contributed by atoms with E-state index in [0.29, 0.717) is 5.88 Å². The molecule has 0 aliphatic rings. The quantitative estimate of drug-likeness (QED) is 0.506. The van der Waals surface area contributed by atoms with Gasteiger partial charge in [0.05, 0.1) is 5.38 Å². The van der Waals surface area contributed by atoms with Crippen molar-refractivity contribution in [1.82, 2.24) is 4.90 Å². The van der Waals surface area contributed by atoms with Crippen LogP contribution in [0.15, 0.2) is 0 Å². The summed E-state index contributed by atoms with van der Waals surface area (Å²) in [6.45, 7) is 0. The van der Waals surface area contributed by atoms with E-state index >= 15 is 0 Å². The molecule has 64 valence electrons. The highest BCUT2D eigenvalue weighted by Crippen LogP contribution is 2.12. The van der Waals surface area contributed by atoms with Crippen LogP contribution in [0.3, 0.4) is 0 Å². The fraction of sp³-hybridized carbons (Fsp3) is 1.00. The Morgan fingerprint density at radius 1 is 1.30 bits per heavy atom. The van der Waals surface area contributed by atoms with Gasteiger partial charge in [0, 0.05) is 5.88 Å². The first-order chi connectivity index (χ1) is 4.09. The first-order valence-corrected chi connectivity index (χ1v) is 4.01. The Hall–Kier alpha value is 0.790. The number of rotatable bonds is 3. The average molecular weight is 209 g/mol. The van der Waals surface area contributed by atoms with Crippen molar-refractivity contribution in [2.45, 2.75) is 10.9 Å². The normalized spacial score (nSPS) is 16.2. The Kier molecular flexibility index (Phi) is 8.70. The van der Waals surface area contributed by atoms with Gasteiger partial charge in [0.1, 0.15) is 5.50 Å². The van der Waals surface area contributed by atoms with Crippen molar-refractivity contribution in [3.8, 4) is 0 Å². The minimum atomic E-state index is -0.177. The van der Waals surface area contributed by atoms with E-state index in [1.807, 2.05) is 19.0 Å². The van der Waals surface area contributed by atoms with Gasteiger partial charge in [0.25, 0.3) is 0 Å². The van der Waals surface area contributed by atoms with Gasteiger partial charge in [0.2, 0.25) is 0 Å². The third kappa shape index (κ3) is 4.58. The molecule has 0 aliphatic carbocycles. The molecule has 2 nitrogen and oxygen atoms in total. The number of alkyl halides is 3. The Bertz CT molecular complexity index is 81.3. The van der Waals surface area contributed by atoms with Crippen LogP contribution in [0.1, 0.15) is 0 Å². The molecule has 0 aromatic heterocycles. The molecule has 0 saturated carbocycles. The lowest BCUT2D eigenvalue weighted by Crippen LogP contribution is -2.31. The molecule has 0 radical (unpaired) electrons. The summed E-state index contributed by atoms with van der Waals surface area (Å²) in [6.07, 6.45) is 0. The molecule has 0 bridgehead atoms. The summed E-state index contributed by atoms with van der Waals surface area (Å²) in [5.41, 5.74) is -0.177. The van der Waals surface area contributed by atoms with E-state index in [0.717, 1.165) is 0 Å². The van der Waals surface area contributed by atoms with Crippen molar-refractivity contribution < 1.29 is 5.48 Å². The topological polar surface area (TPSA) is 34.7 Å². The van der Waals surface area contributed by atoms with Crippen LogP contribution >= 0.6 is 34.8 Å². The number of hydrogen-bond acceptors (Lipinski definition) is 1. The molecule has 0 spiro atoms. The highest BCUT2D eigenvalue weighted by atomic mass is 35.5. The van der Waals surface area contributed by atoms with Gasteiger partial charge in [-0.3, -0.25) is 4.90 Å². The Morgan fingerprint density at radius 2 is 1.70 bits per heavy atom. The number of hydrogen-bond donors (Lipinski definition) is 0. The monoisotopic (exact) mass is 207 g/mol. The van der Waals surface area contributed by atoms with Gasteiger partial charge in [0.15, 0.2) is 0 Å².